The third-order valence-electron chi connectivity index (χ3n) is 5.13. The van der Waals surface area contributed by atoms with Crippen LogP contribution in [0.4, 0.5) is 0 Å². The summed E-state index contributed by atoms with van der Waals surface area (Å²) in [4.78, 5) is 22.7. The van der Waals surface area contributed by atoms with Gasteiger partial charge in [-0.2, -0.15) is 0 Å². The Morgan fingerprint density at radius 3 is 2.91 bits per heavy atom. The van der Waals surface area contributed by atoms with Gasteiger partial charge in [-0.15, -0.1) is 0 Å². The van der Waals surface area contributed by atoms with E-state index in [0.29, 0.717) is 12.8 Å². The second-order valence-corrected chi connectivity index (χ2v) is 6.51. The van der Waals surface area contributed by atoms with E-state index in [1.165, 1.54) is 12.7 Å². The maximum atomic E-state index is 12.6. The lowest BCUT2D eigenvalue weighted by Crippen LogP contribution is -2.45. The van der Waals surface area contributed by atoms with Gasteiger partial charge in [0.1, 0.15) is 6.33 Å². The molecule has 1 aliphatic carbocycles. The Bertz CT molecular complexity index is 494. The van der Waals surface area contributed by atoms with E-state index in [4.69, 9.17) is 0 Å². The van der Waals surface area contributed by atoms with Crippen molar-refractivity contribution in [2.45, 2.75) is 63.5 Å². The standard InChI is InChI=1S/C17H25N3O2/c21-16-6-2-1-4-14(16)15-5-3-11-20(15)17(22)8-7-13-9-10-18-12-19-13/h9-10,12,14-16,21H,1-8,11H2/t14-,15-,16-/m1/s1. The SMILES string of the molecule is O=C(CCc1ccncn1)N1CCC[C@@H]1[C@H]1CCCC[C@H]1O. The van der Waals surface area contributed by atoms with Crippen LogP contribution in [0, 0.1) is 5.92 Å². The summed E-state index contributed by atoms with van der Waals surface area (Å²) >= 11 is 0. The molecule has 0 radical (unpaired) electrons. The van der Waals surface area contributed by atoms with Crippen molar-refractivity contribution in [2.75, 3.05) is 6.54 Å². The number of carbonyl (C=O) groups excluding carboxylic acids is 1. The van der Waals surface area contributed by atoms with Crippen LogP contribution < -0.4 is 0 Å². The number of hydrogen-bond acceptors (Lipinski definition) is 4. The zero-order chi connectivity index (χ0) is 15.4. The van der Waals surface area contributed by atoms with Crippen LogP contribution >= 0.6 is 0 Å². The van der Waals surface area contributed by atoms with Gasteiger partial charge in [0.2, 0.25) is 5.91 Å². The number of carbonyl (C=O) groups is 1. The molecule has 2 fully saturated rings. The van der Waals surface area contributed by atoms with Crippen molar-refractivity contribution in [1.29, 1.82) is 0 Å². The average Bonchev–Trinajstić information content (AvgIpc) is 3.03. The van der Waals surface area contributed by atoms with E-state index >= 15 is 0 Å². The molecular weight excluding hydrogens is 278 g/mol. The first-order chi connectivity index (χ1) is 10.8. The van der Waals surface area contributed by atoms with Crippen LogP contribution in [0.5, 0.6) is 0 Å². The molecule has 120 valence electrons. The second kappa shape index (κ2) is 7.18. The third-order valence-corrected chi connectivity index (χ3v) is 5.13. The predicted molar refractivity (Wildman–Crippen MR) is 83.1 cm³/mol. The summed E-state index contributed by atoms with van der Waals surface area (Å²) in [6, 6.07) is 2.10. The van der Waals surface area contributed by atoms with Crippen molar-refractivity contribution in [3.63, 3.8) is 0 Å². The van der Waals surface area contributed by atoms with Crippen LogP contribution in [0.1, 0.15) is 50.6 Å². The van der Waals surface area contributed by atoms with E-state index < -0.39 is 0 Å². The molecule has 5 nitrogen and oxygen atoms in total. The van der Waals surface area contributed by atoms with Crippen LogP contribution in [0.25, 0.3) is 0 Å². The minimum Gasteiger partial charge on any atom is -0.393 e. The summed E-state index contributed by atoms with van der Waals surface area (Å²) in [5.74, 6) is 0.484. The lowest BCUT2D eigenvalue weighted by molar-refractivity contribution is -0.134. The molecular formula is C17H25N3O2. The predicted octanol–water partition coefficient (Wildman–Crippen LogP) is 1.95. The highest BCUT2D eigenvalue weighted by atomic mass is 16.3. The van der Waals surface area contributed by atoms with E-state index in [1.54, 1.807) is 6.20 Å². The first kappa shape index (κ1) is 15.4. The molecule has 1 N–H and O–H groups in total. The summed E-state index contributed by atoms with van der Waals surface area (Å²) in [5, 5.41) is 10.3. The zero-order valence-electron chi connectivity index (χ0n) is 13.0. The fraction of sp³-hybridized carbons (Fsp3) is 0.706. The van der Waals surface area contributed by atoms with Gasteiger partial charge in [0, 0.05) is 36.8 Å². The fourth-order valence-electron chi connectivity index (χ4n) is 3.98. The van der Waals surface area contributed by atoms with Gasteiger partial charge in [-0.3, -0.25) is 4.79 Å². The first-order valence-electron chi connectivity index (χ1n) is 8.48. The lowest BCUT2D eigenvalue weighted by Gasteiger charge is -2.37. The Balaban J connectivity index is 1.58. The molecule has 1 saturated heterocycles. The van der Waals surface area contributed by atoms with Crippen LogP contribution in [-0.4, -0.2) is 44.6 Å². The Labute approximate surface area is 131 Å². The Hall–Kier alpha value is -1.49. The van der Waals surface area contributed by atoms with Crippen molar-refractivity contribution in [3.8, 4) is 0 Å². The summed E-state index contributed by atoms with van der Waals surface area (Å²) < 4.78 is 0. The number of likely N-dealkylation sites (tertiary alicyclic amines) is 1. The Morgan fingerprint density at radius 1 is 1.27 bits per heavy atom. The van der Waals surface area contributed by atoms with Crippen LogP contribution in [-0.2, 0) is 11.2 Å². The number of amides is 1. The molecule has 22 heavy (non-hydrogen) atoms. The minimum atomic E-state index is -0.228. The molecule has 1 aromatic heterocycles. The minimum absolute atomic E-state index is 0.207. The molecule has 0 unspecified atom stereocenters. The van der Waals surface area contributed by atoms with Crippen molar-refractivity contribution >= 4 is 5.91 Å². The van der Waals surface area contributed by atoms with Gasteiger partial charge in [-0.25, -0.2) is 9.97 Å². The number of aromatic nitrogens is 2. The number of nitrogens with zero attached hydrogens (tertiary/aromatic N) is 3. The molecule has 0 aromatic carbocycles. The molecule has 5 heteroatoms. The maximum absolute atomic E-state index is 12.6. The number of rotatable bonds is 4. The van der Waals surface area contributed by atoms with E-state index in [0.717, 1.165) is 44.3 Å². The average molecular weight is 303 g/mol. The Morgan fingerprint density at radius 2 is 2.14 bits per heavy atom. The van der Waals surface area contributed by atoms with Gasteiger partial charge in [0.05, 0.1) is 6.10 Å². The molecule has 3 atom stereocenters. The van der Waals surface area contributed by atoms with Crippen molar-refractivity contribution in [2.24, 2.45) is 5.92 Å². The topological polar surface area (TPSA) is 66.3 Å². The van der Waals surface area contributed by atoms with Gasteiger partial charge in [-0.05, 0) is 38.2 Å². The first-order valence-corrected chi connectivity index (χ1v) is 8.48. The van der Waals surface area contributed by atoms with Gasteiger partial charge < -0.3 is 10.0 Å². The van der Waals surface area contributed by atoms with Crippen LogP contribution in [0.15, 0.2) is 18.6 Å². The third kappa shape index (κ3) is 3.46. The quantitative estimate of drug-likeness (QED) is 0.923. The lowest BCUT2D eigenvalue weighted by atomic mass is 9.80. The van der Waals surface area contributed by atoms with Gasteiger partial charge in [0.25, 0.3) is 0 Å². The number of aliphatic hydroxyl groups excluding tert-OH is 1. The molecule has 1 aromatic rings. The fourth-order valence-corrected chi connectivity index (χ4v) is 3.98. The summed E-state index contributed by atoms with van der Waals surface area (Å²) in [6.07, 6.45) is 10.5. The highest BCUT2D eigenvalue weighted by Crippen LogP contribution is 2.34. The largest absolute Gasteiger partial charge is 0.393 e. The second-order valence-electron chi connectivity index (χ2n) is 6.51. The normalized spacial score (nSPS) is 28.8. The molecule has 0 bridgehead atoms. The highest BCUT2D eigenvalue weighted by Gasteiger charge is 2.38. The summed E-state index contributed by atoms with van der Waals surface area (Å²) in [5.41, 5.74) is 0.914. The van der Waals surface area contributed by atoms with Gasteiger partial charge in [-0.1, -0.05) is 12.8 Å². The van der Waals surface area contributed by atoms with Gasteiger partial charge >= 0.3 is 0 Å². The zero-order valence-corrected chi connectivity index (χ0v) is 13.0. The van der Waals surface area contributed by atoms with E-state index in [9.17, 15) is 9.90 Å². The number of aryl methyl sites for hydroxylation is 1. The molecule has 1 saturated carbocycles. The molecule has 1 aliphatic heterocycles. The smallest absolute Gasteiger partial charge is 0.223 e. The molecule has 0 spiro atoms. The van der Waals surface area contributed by atoms with E-state index in [-0.39, 0.29) is 24.0 Å². The molecule has 2 aliphatic rings. The summed E-state index contributed by atoms with van der Waals surface area (Å²) in [6.45, 7) is 0.844. The van der Waals surface area contributed by atoms with Crippen molar-refractivity contribution in [3.05, 3.63) is 24.3 Å². The molecule has 3 rings (SSSR count). The number of aliphatic hydroxyl groups is 1. The number of hydrogen-bond donors (Lipinski definition) is 1. The van der Waals surface area contributed by atoms with Gasteiger partial charge in [0.15, 0.2) is 0 Å². The van der Waals surface area contributed by atoms with Crippen molar-refractivity contribution < 1.29 is 9.90 Å². The maximum Gasteiger partial charge on any atom is 0.223 e. The Kier molecular flexibility index (Phi) is 5.03. The summed E-state index contributed by atoms with van der Waals surface area (Å²) in [7, 11) is 0. The highest BCUT2D eigenvalue weighted by molar-refractivity contribution is 5.77. The van der Waals surface area contributed by atoms with E-state index in [2.05, 4.69) is 9.97 Å². The van der Waals surface area contributed by atoms with Crippen LogP contribution in [0.3, 0.4) is 0 Å². The molecule has 2 heterocycles. The van der Waals surface area contributed by atoms with E-state index in [1.807, 2.05) is 11.0 Å². The molecule has 1 amide bonds. The van der Waals surface area contributed by atoms with Crippen LogP contribution in [0.2, 0.25) is 0 Å². The van der Waals surface area contributed by atoms with Crippen molar-refractivity contribution in [1.82, 2.24) is 14.9 Å². The monoisotopic (exact) mass is 303 g/mol.